The topological polar surface area (TPSA) is 57.7 Å². The number of piperazine rings is 1. The van der Waals surface area contributed by atoms with Crippen molar-refractivity contribution in [3.63, 3.8) is 0 Å². The third-order valence-corrected chi connectivity index (χ3v) is 7.75. The highest BCUT2D eigenvalue weighted by atomic mass is 32.2. The minimum absolute atomic E-state index is 0.140. The molecule has 148 valence electrons. The lowest BCUT2D eigenvalue weighted by Crippen LogP contribution is -2.50. The second-order valence-electron chi connectivity index (χ2n) is 7.63. The third kappa shape index (κ3) is 4.61. The maximum Gasteiger partial charge on any atom is 0.243 e. The summed E-state index contributed by atoms with van der Waals surface area (Å²) in [6, 6.07) is 7.24. The number of rotatable bonds is 6. The Labute approximate surface area is 163 Å². The minimum Gasteiger partial charge on any atom is -0.340 e. The van der Waals surface area contributed by atoms with Gasteiger partial charge in [-0.15, -0.1) is 0 Å². The first-order chi connectivity index (χ1) is 12.9. The molecule has 0 spiro atoms. The fraction of sp³-hybridized carbons (Fsp3) is 0.571. The first kappa shape index (κ1) is 20.1. The van der Waals surface area contributed by atoms with E-state index in [-0.39, 0.29) is 5.91 Å². The minimum atomic E-state index is -3.50. The van der Waals surface area contributed by atoms with Gasteiger partial charge >= 0.3 is 0 Å². The molecule has 5 nitrogen and oxygen atoms in total. The van der Waals surface area contributed by atoms with Gasteiger partial charge in [-0.3, -0.25) is 4.79 Å². The van der Waals surface area contributed by atoms with E-state index >= 15 is 0 Å². The molecular formula is C21H30N2O3S. The Bertz CT molecular complexity index is 778. The summed E-state index contributed by atoms with van der Waals surface area (Å²) in [5.41, 5.74) is 1.16. The van der Waals surface area contributed by atoms with Gasteiger partial charge in [0.25, 0.3) is 0 Å². The van der Waals surface area contributed by atoms with Gasteiger partial charge in [-0.25, -0.2) is 8.42 Å². The standard InChI is InChI=1S/C21H30N2O3S/c1-3-17(2)19-8-10-20(11-9-19)27(25,26)23-14-12-22(13-15-23)21(24)16-18-6-4-5-7-18/h4,6,8-11,17-18H,3,5,7,12-16H2,1-2H3. The Morgan fingerprint density at radius 3 is 2.37 bits per heavy atom. The molecule has 1 aromatic rings. The van der Waals surface area contributed by atoms with Crippen molar-refractivity contribution < 1.29 is 13.2 Å². The van der Waals surface area contributed by atoms with Crippen LogP contribution in [-0.4, -0.2) is 49.7 Å². The maximum atomic E-state index is 12.9. The normalized spacial score (nSPS) is 22.1. The van der Waals surface area contributed by atoms with Gasteiger partial charge < -0.3 is 4.90 Å². The lowest BCUT2D eigenvalue weighted by molar-refractivity contribution is -0.133. The third-order valence-electron chi connectivity index (χ3n) is 5.84. The van der Waals surface area contributed by atoms with E-state index in [9.17, 15) is 13.2 Å². The Kier molecular flexibility index (Phi) is 6.37. The van der Waals surface area contributed by atoms with E-state index in [1.54, 1.807) is 12.1 Å². The highest BCUT2D eigenvalue weighted by molar-refractivity contribution is 7.89. The van der Waals surface area contributed by atoms with Crippen molar-refractivity contribution in [1.82, 2.24) is 9.21 Å². The molecule has 6 heteroatoms. The number of sulfonamides is 1. The molecular weight excluding hydrogens is 360 g/mol. The number of hydrogen-bond acceptors (Lipinski definition) is 3. The lowest BCUT2D eigenvalue weighted by Gasteiger charge is -2.34. The molecule has 2 atom stereocenters. The summed E-state index contributed by atoms with van der Waals surface area (Å²) in [6.07, 6.45) is 7.93. The molecule has 3 rings (SSSR count). The summed E-state index contributed by atoms with van der Waals surface area (Å²) in [7, 11) is -3.50. The van der Waals surface area contributed by atoms with Crippen LogP contribution in [0.25, 0.3) is 0 Å². The van der Waals surface area contributed by atoms with Crippen LogP contribution in [0, 0.1) is 5.92 Å². The van der Waals surface area contributed by atoms with Gasteiger partial charge in [0.05, 0.1) is 4.90 Å². The van der Waals surface area contributed by atoms with Crippen molar-refractivity contribution in [2.24, 2.45) is 5.92 Å². The van der Waals surface area contributed by atoms with Crippen molar-refractivity contribution in [2.75, 3.05) is 26.2 Å². The second-order valence-corrected chi connectivity index (χ2v) is 9.57. The van der Waals surface area contributed by atoms with Crippen molar-refractivity contribution in [3.05, 3.63) is 42.0 Å². The fourth-order valence-corrected chi connectivity index (χ4v) is 5.17. The molecule has 1 fully saturated rings. The average Bonchev–Trinajstić information content (AvgIpc) is 3.20. The van der Waals surface area contributed by atoms with Gasteiger partial charge in [0.2, 0.25) is 15.9 Å². The molecule has 0 aromatic heterocycles. The molecule has 0 bridgehead atoms. The highest BCUT2D eigenvalue weighted by Gasteiger charge is 2.30. The van der Waals surface area contributed by atoms with Crippen LogP contribution in [0.3, 0.4) is 0 Å². The number of carbonyl (C=O) groups excluding carboxylic acids is 1. The van der Waals surface area contributed by atoms with Gasteiger partial charge in [-0.05, 0) is 48.8 Å². The zero-order chi connectivity index (χ0) is 19.4. The van der Waals surface area contributed by atoms with Gasteiger partial charge in [-0.2, -0.15) is 4.31 Å². The lowest BCUT2D eigenvalue weighted by atomic mass is 9.99. The Hall–Kier alpha value is -1.66. The first-order valence-corrected chi connectivity index (χ1v) is 11.4. The zero-order valence-corrected chi connectivity index (χ0v) is 17.1. The van der Waals surface area contributed by atoms with Crippen LogP contribution in [-0.2, 0) is 14.8 Å². The van der Waals surface area contributed by atoms with E-state index in [0.29, 0.717) is 49.3 Å². The van der Waals surface area contributed by atoms with Crippen LogP contribution in [0.2, 0.25) is 0 Å². The van der Waals surface area contributed by atoms with Gasteiger partial charge in [0, 0.05) is 32.6 Å². The summed E-state index contributed by atoms with van der Waals surface area (Å²) >= 11 is 0. The van der Waals surface area contributed by atoms with Gasteiger partial charge in [-0.1, -0.05) is 38.1 Å². The number of benzene rings is 1. The number of allylic oxidation sites excluding steroid dienone is 2. The molecule has 1 aliphatic heterocycles. The predicted molar refractivity (Wildman–Crippen MR) is 107 cm³/mol. The van der Waals surface area contributed by atoms with Crippen LogP contribution in [0.5, 0.6) is 0 Å². The summed E-state index contributed by atoms with van der Waals surface area (Å²) in [5.74, 6) is 0.913. The largest absolute Gasteiger partial charge is 0.340 e. The Balaban J connectivity index is 1.59. The van der Waals surface area contributed by atoms with E-state index in [0.717, 1.165) is 24.8 Å². The Morgan fingerprint density at radius 2 is 1.81 bits per heavy atom. The molecule has 0 N–H and O–H groups in total. The van der Waals surface area contributed by atoms with Crippen LogP contribution in [0.1, 0.15) is 51.0 Å². The number of nitrogens with zero attached hydrogens (tertiary/aromatic N) is 2. The number of hydrogen-bond donors (Lipinski definition) is 0. The zero-order valence-electron chi connectivity index (χ0n) is 16.3. The molecule has 1 amide bonds. The Morgan fingerprint density at radius 1 is 1.15 bits per heavy atom. The molecule has 2 aliphatic rings. The smallest absolute Gasteiger partial charge is 0.243 e. The maximum absolute atomic E-state index is 12.9. The van der Waals surface area contributed by atoms with E-state index in [1.807, 2.05) is 17.0 Å². The number of carbonyl (C=O) groups is 1. The molecule has 1 aliphatic carbocycles. The average molecular weight is 391 g/mol. The van der Waals surface area contributed by atoms with E-state index in [2.05, 4.69) is 26.0 Å². The van der Waals surface area contributed by atoms with E-state index in [4.69, 9.17) is 0 Å². The summed E-state index contributed by atoms with van der Waals surface area (Å²) in [4.78, 5) is 14.6. The van der Waals surface area contributed by atoms with Gasteiger partial charge in [0.1, 0.15) is 0 Å². The van der Waals surface area contributed by atoms with Gasteiger partial charge in [0.15, 0.2) is 0 Å². The summed E-state index contributed by atoms with van der Waals surface area (Å²) < 4.78 is 27.3. The van der Waals surface area contributed by atoms with E-state index in [1.165, 1.54) is 4.31 Å². The SMILES string of the molecule is CCC(C)c1ccc(S(=O)(=O)N2CCN(C(=O)CC3C=CCC3)CC2)cc1. The molecule has 1 aromatic carbocycles. The monoisotopic (exact) mass is 390 g/mol. The van der Waals surface area contributed by atoms with Crippen LogP contribution < -0.4 is 0 Å². The van der Waals surface area contributed by atoms with Crippen molar-refractivity contribution in [1.29, 1.82) is 0 Å². The second kappa shape index (κ2) is 8.57. The fourth-order valence-electron chi connectivity index (χ4n) is 3.75. The summed E-state index contributed by atoms with van der Waals surface area (Å²) in [5, 5.41) is 0. The quantitative estimate of drug-likeness (QED) is 0.700. The number of amides is 1. The van der Waals surface area contributed by atoms with Crippen molar-refractivity contribution in [2.45, 2.75) is 50.3 Å². The molecule has 1 heterocycles. The van der Waals surface area contributed by atoms with Crippen LogP contribution in [0.15, 0.2) is 41.3 Å². The predicted octanol–water partition coefficient (Wildman–Crippen LogP) is 3.39. The summed E-state index contributed by atoms with van der Waals surface area (Å²) in [6.45, 7) is 5.93. The molecule has 0 saturated carbocycles. The highest BCUT2D eigenvalue weighted by Crippen LogP contribution is 2.24. The molecule has 1 saturated heterocycles. The van der Waals surface area contributed by atoms with Crippen LogP contribution >= 0.6 is 0 Å². The molecule has 2 unspecified atom stereocenters. The van der Waals surface area contributed by atoms with Crippen LogP contribution in [0.4, 0.5) is 0 Å². The first-order valence-electron chi connectivity index (χ1n) is 9.96. The molecule has 0 radical (unpaired) electrons. The van der Waals surface area contributed by atoms with Crippen molar-refractivity contribution >= 4 is 15.9 Å². The molecule has 27 heavy (non-hydrogen) atoms. The van der Waals surface area contributed by atoms with E-state index < -0.39 is 10.0 Å². The van der Waals surface area contributed by atoms with Crippen molar-refractivity contribution in [3.8, 4) is 0 Å².